The zero-order valence-corrected chi connectivity index (χ0v) is 15.4. The number of amides is 1. The van der Waals surface area contributed by atoms with Gasteiger partial charge in [0.05, 0.1) is 11.9 Å². The van der Waals surface area contributed by atoms with E-state index in [1.807, 2.05) is 54.6 Å². The van der Waals surface area contributed by atoms with E-state index in [1.54, 1.807) is 24.8 Å². The fraction of sp³-hybridized carbons (Fsp3) is 0.0870. The van der Waals surface area contributed by atoms with Gasteiger partial charge in [0.2, 0.25) is 6.10 Å². The molecule has 0 spiro atoms. The van der Waals surface area contributed by atoms with Crippen LogP contribution in [0.4, 0.5) is 5.69 Å². The molecule has 0 bridgehead atoms. The first kappa shape index (κ1) is 17.2. The van der Waals surface area contributed by atoms with Crippen LogP contribution in [0.3, 0.4) is 0 Å². The molecule has 0 aliphatic carbocycles. The van der Waals surface area contributed by atoms with Crippen LogP contribution >= 0.6 is 0 Å². The van der Waals surface area contributed by atoms with E-state index in [0.717, 1.165) is 21.9 Å². The predicted molar refractivity (Wildman–Crippen MR) is 110 cm³/mol. The largest absolute Gasteiger partial charge is 0.485 e. The minimum atomic E-state index is -0.752. The number of ether oxygens (including phenoxy) is 2. The molecule has 1 N–H and O–H groups in total. The Morgan fingerprint density at radius 2 is 1.83 bits per heavy atom. The molecule has 5 rings (SSSR count). The normalized spacial score (nSPS) is 15.1. The van der Waals surface area contributed by atoms with E-state index in [9.17, 15) is 4.79 Å². The highest BCUT2D eigenvalue weighted by atomic mass is 16.6. The number of aromatic nitrogens is 2. The van der Waals surface area contributed by atoms with E-state index in [-0.39, 0.29) is 12.5 Å². The number of anilines is 1. The number of pyridine rings is 2. The maximum absolute atomic E-state index is 12.8. The van der Waals surface area contributed by atoms with Crippen LogP contribution in [0.15, 0.2) is 79.4 Å². The smallest absolute Gasteiger partial charge is 0.269 e. The SMILES string of the molecule is O=C(Nc1cncc(-c2ccncc2)c1)C1COc2ccc3ccccc3c2O1. The lowest BCUT2D eigenvalue weighted by Gasteiger charge is -2.26. The summed E-state index contributed by atoms with van der Waals surface area (Å²) in [6.07, 6.45) is 6.03. The van der Waals surface area contributed by atoms with Gasteiger partial charge in [-0.25, -0.2) is 0 Å². The molecular formula is C23H17N3O3. The molecule has 29 heavy (non-hydrogen) atoms. The second-order valence-electron chi connectivity index (χ2n) is 6.72. The number of nitrogens with one attached hydrogen (secondary N) is 1. The third-order valence-corrected chi connectivity index (χ3v) is 4.81. The van der Waals surface area contributed by atoms with Crippen molar-refractivity contribution < 1.29 is 14.3 Å². The zero-order chi connectivity index (χ0) is 19.6. The monoisotopic (exact) mass is 383 g/mol. The van der Waals surface area contributed by atoms with Crippen LogP contribution in [0.5, 0.6) is 11.5 Å². The number of nitrogens with zero attached hydrogens (tertiary/aromatic N) is 2. The Morgan fingerprint density at radius 3 is 2.72 bits per heavy atom. The fourth-order valence-electron chi connectivity index (χ4n) is 3.36. The quantitative estimate of drug-likeness (QED) is 0.577. The summed E-state index contributed by atoms with van der Waals surface area (Å²) in [6, 6.07) is 17.4. The topological polar surface area (TPSA) is 73.3 Å². The first-order valence-corrected chi connectivity index (χ1v) is 9.25. The maximum Gasteiger partial charge on any atom is 0.269 e. The Morgan fingerprint density at radius 1 is 0.966 bits per heavy atom. The number of carbonyl (C=O) groups is 1. The van der Waals surface area contributed by atoms with Crippen molar-refractivity contribution in [3.8, 4) is 22.6 Å². The molecule has 6 nitrogen and oxygen atoms in total. The van der Waals surface area contributed by atoms with Gasteiger partial charge in [-0.3, -0.25) is 14.8 Å². The van der Waals surface area contributed by atoms with E-state index in [0.29, 0.717) is 17.2 Å². The van der Waals surface area contributed by atoms with Gasteiger partial charge in [0.1, 0.15) is 6.61 Å². The van der Waals surface area contributed by atoms with Crippen LogP contribution in [0, 0.1) is 0 Å². The van der Waals surface area contributed by atoms with Crippen molar-refractivity contribution in [3.63, 3.8) is 0 Å². The van der Waals surface area contributed by atoms with Gasteiger partial charge in [-0.05, 0) is 35.2 Å². The van der Waals surface area contributed by atoms with E-state index < -0.39 is 6.10 Å². The average molecular weight is 383 g/mol. The first-order valence-electron chi connectivity index (χ1n) is 9.25. The van der Waals surface area contributed by atoms with E-state index >= 15 is 0 Å². The van der Waals surface area contributed by atoms with Gasteiger partial charge in [-0.2, -0.15) is 0 Å². The van der Waals surface area contributed by atoms with Crippen molar-refractivity contribution in [2.24, 2.45) is 0 Å². The third kappa shape index (κ3) is 3.36. The van der Waals surface area contributed by atoms with Crippen molar-refractivity contribution >= 4 is 22.4 Å². The molecule has 1 amide bonds. The standard InChI is InChI=1S/C23H17N3O3/c27-23(26-18-11-17(12-25-13-18)15-7-9-24-10-8-15)21-14-28-20-6-5-16-3-1-2-4-19(16)22(20)29-21/h1-13,21H,14H2,(H,26,27). The summed E-state index contributed by atoms with van der Waals surface area (Å²) in [5.41, 5.74) is 2.46. The van der Waals surface area contributed by atoms with Gasteiger partial charge in [-0.1, -0.05) is 30.3 Å². The van der Waals surface area contributed by atoms with Gasteiger partial charge in [-0.15, -0.1) is 0 Å². The molecule has 2 aromatic heterocycles. The number of hydrogen-bond donors (Lipinski definition) is 1. The molecule has 4 aromatic rings. The Bertz CT molecular complexity index is 1190. The average Bonchev–Trinajstić information content (AvgIpc) is 2.79. The van der Waals surface area contributed by atoms with Crippen LogP contribution in [-0.2, 0) is 4.79 Å². The van der Waals surface area contributed by atoms with E-state index in [1.165, 1.54) is 0 Å². The van der Waals surface area contributed by atoms with Gasteiger partial charge in [0.15, 0.2) is 11.5 Å². The highest BCUT2D eigenvalue weighted by Gasteiger charge is 2.29. The van der Waals surface area contributed by atoms with Gasteiger partial charge >= 0.3 is 0 Å². The number of rotatable bonds is 3. The first-order chi connectivity index (χ1) is 14.3. The van der Waals surface area contributed by atoms with Crippen LogP contribution < -0.4 is 14.8 Å². The Balaban J connectivity index is 1.37. The summed E-state index contributed by atoms with van der Waals surface area (Å²) in [6.45, 7) is 0.147. The highest BCUT2D eigenvalue weighted by molar-refractivity contribution is 5.96. The third-order valence-electron chi connectivity index (χ3n) is 4.81. The van der Waals surface area contributed by atoms with E-state index in [2.05, 4.69) is 15.3 Å². The molecule has 1 unspecified atom stereocenters. The summed E-state index contributed by atoms with van der Waals surface area (Å²) in [5, 5.41) is 4.83. The molecule has 0 saturated carbocycles. The number of benzene rings is 2. The Labute approximate surface area is 167 Å². The predicted octanol–water partition coefficient (Wildman–Crippen LogP) is 4.08. The van der Waals surface area contributed by atoms with Gasteiger partial charge in [0, 0.05) is 29.5 Å². The molecular weight excluding hydrogens is 366 g/mol. The van der Waals surface area contributed by atoms with E-state index in [4.69, 9.17) is 9.47 Å². The van der Waals surface area contributed by atoms with Crippen LogP contribution in [0.25, 0.3) is 21.9 Å². The molecule has 0 fully saturated rings. The fourth-order valence-corrected chi connectivity index (χ4v) is 3.36. The molecule has 6 heteroatoms. The van der Waals surface area contributed by atoms with Crippen LogP contribution in [-0.4, -0.2) is 28.6 Å². The van der Waals surface area contributed by atoms with Crippen LogP contribution in [0.2, 0.25) is 0 Å². The number of hydrogen-bond acceptors (Lipinski definition) is 5. The molecule has 0 radical (unpaired) electrons. The molecule has 2 aromatic carbocycles. The molecule has 3 heterocycles. The summed E-state index contributed by atoms with van der Waals surface area (Å²) < 4.78 is 11.8. The summed E-state index contributed by atoms with van der Waals surface area (Å²) >= 11 is 0. The van der Waals surface area contributed by atoms with Gasteiger partial charge < -0.3 is 14.8 Å². The lowest BCUT2D eigenvalue weighted by atomic mass is 10.1. The maximum atomic E-state index is 12.8. The van der Waals surface area contributed by atoms with Crippen molar-refractivity contribution in [2.45, 2.75) is 6.10 Å². The van der Waals surface area contributed by atoms with Crippen LogP contribution in [0.1, 0.15) is 0 Å². The molecule has 142 valence electrons. The minimum Gasteiger partial charge on any atom is -0.485 e. The molecule has 1 atom stereocenters. The lowest BCUT2D eigenvalue weighted by Crippen LogP contribution is -2.40. The van der Waals surface area contributed by atoms with Crippen molar-refractivity contribution in [3.05, 3.63) is 79.4 Å². The van der Waals surface area contributed by atoms with Crippen molar-refractivity contribution in [2.75, 3.05) is 11.9 Å². The van der Waals surface area contributed by atoms with Gasteiger partial charge in [0.25, 0.3) is 5.91 Å². The lowest BCUT2D eigenvalue weighted by molar-refractivity contribution is -0.124. The minimum absolute atomic E-state index is 0.147. The number of carbonyl (C=O) groups excluding carboxylic acids is 1. The second-order valence-corrected chi connectivity index (χ2v) is 6.72. The number of fused-ring (bicyclic) bond motifs is 3. The second kappa shape index (κ2) is 7.24. The summed E-state index contributed by atoms with van der Waals surface area (Å²) in [4.78, 5) is 21.1. The van der Waals surface area contributed by atoms with Crippen molar-refractivity contribution in [1.82, 2.24) is 9.97 Å². The summed E-state index contributed by atoms with van der Waals surface area (Å²) in [7, 11) is 0. The van der Waals surface area contributed by atoms with Crippen molar-refractivity contribution in [1.29, 1.82) is 0 Å². The molecule has 1 aliphatic rings. The highest BCUT2D eigenvalue weighted by Crippen LogP contribution is 2.38. The molecule has 1 aliphatic heterocycles. The molecule has 0 saturated heterocycles. The Kier molecular flexibility index (Phi) is 4.29. The Hall–Kier alpha value is -3.93. The summed E-state index contributed by atoms with van der Waals surface area (Å²) in [5.74, 6) is 0.963. The zero-order valence-electron chi connectivity index (χ0n) is 15.4.